The summed E-state index contributed by atoms with van der Waals surface area (Å²) in [6.45, 7) is 1.44. The maximum absolute atomic E-state index is 12.4. The number of benzene rings is 1. The fourth-order valence-corrected chi connectivity index (χ4v) is 3.38. The average molecular weight is 401 g/mol. The van der Waals surface area contributed by atoms with Crippen LogP contribution in [-0.4, -0.2) is 30.8 Å². The molecule has 1 fully saturated rings. The van der Waals surface area contributed by atoms with E-state index in [2.05, 4.69) is 34.8 Å². The molecular formula is C18H25F2N3O3S. The van der Waals surface area contributed by atoms with E-state index in [-0.39, 0.29) is 23.1 Å². The fraction of sp³-hybridized carbons (Fsp3) is 0.556. The zero-order valence-electron chi connectivity index (χ0n) is 15.6. The maximum atomic E-state index is 12.4. The molecule has 0 spiro atoms. The lowest BCUT2D eigenvalue weighted by Crippen LogP contribution is -2.52. The highest BCUT2D eigenvalue weighted by atomic mass is 32.1. The molecule has 1 aliphatic rings. The second kappa shape index (κ2) is 9.68. The molecular weight excluding hydrogens is 376 g/mol. The molecule has 0 aliphatic heterocycles. The smallest absolute Gasteiger partial charge is 0.387 e. The van der Waals surface area contributed by atoms with E-state index < -0.39 is 12.5 Å². The molecule has 9 heteroatoms. The number of halogens is 2. The molecule has 27 heavy (non-hydrogen) atoms. The van der Waals surface area contributed by atoms with Crippen LogP contribution in [0, 0.1) is 11.8 Å². The molecule has 0 radical (unpaired) electrons. The zero-order chi connectivity index (χ0) is 20.0. The number of nitrogens with one attached hydrogen (secondary N) is 3. The molecule has 0 unspecified atom stereocenters. The van der Waals surface area contributed by atoms with E-state index in [0.29, 0.717) is 16.9 Å². The molecule has 2 rings (SSSR count). The third-order valence-electron chi connectivity index (χ3n) is 4.95. The minimum Gasteiger partial charge on any atom is -0.493 e. The molecule has 1 saturated carbocycles. The Morgan fingerprint density at radius 3 is 2.63 bits per heavy atom. The van der Waals surface area contributed by atoms with Gasteiger partial charge in [-0.3, -0.25) is 15.6 Å². The maximum Gasteiger partial charge on any atom is 0.387 e. The first kappa shape index (κ1) is 21.1. The number of thiocarbonyl (C=S) groups is 1. The Morgan fingerprint density at radius 2 is 1.96 bits per heavy atom. The molecule has 1 aromatic carbocycles. The van der Waals surface area contributed by atoms with Gasteiger partial charge in [0.15, 0.2) is 16.6 Å². The van der Waals surface area contributed by atoms with Gasteiger partial charge >= 0.3 is 6.61 Å². The molecule has 1 aliphatic carbocycles. The van der Waals surface area contributed by atoms with Crippen molar-refractivity contribution in [3.63, 3.8) is 0 Å². The van der Waals surface area contributed by atoms with Gasteiger partial charge in [-0.1, -0.05) is 26.7 Å². The highest BCUT2D eigenvalue weighted by molar-refractivity contribution is 7.80. The van der Waals surface area contributed by atoms with Crippen molar-refractivity contribution < 1.29 is 23.0 Å². The van der Waals surface area contributed by atoms with E-state index >= 15 is 0 Å². The van der Waals surface area contributed by atoms with Gasteiger partial charge in [0, 0.05) is 11.6 Å². The van der Waals surface area contributed by atoms with Gasteiger partial charge < -0.3 is 14.8 Å². The normalized spacial score (nSPS) is 22.1. The Kier molecular flexibility index (Phi) is 7.58. The molecule has 0 heterocycles. The van der Waals surface area contributed by atoms with Crippen molar-refractivity contribution >= 4 is 23.2 Å². The minimum atomic E-state index is -2.98. The summed E-state index contributed by atoms with van der Waals surface area (Å²) in [5.41, 5.74) is 5.38. The Labute approximate surface area is 163 Å². The number of rotatable bonds is 5. The summed E-state index contributed by atoms with van der Waals surface area (Å²) in [4.78, 5) is 12.3. The number of alkyl halides is 2. The summed E-state index contributed by atoms with van der Waals surface area (Å²) in [7, 11) is 1.30. The van der Waals surface area contributed by atoms with E-state index in [1.807, 2.05) is 0 Å². The van der Waals surface area contributed by atoms with Gasteiger partial charge in [-0.05, 0) is 48.7 Å². The quantitative estimate of drug-likeness (QED) is 0.520. The summed E-state index contributed by atoms with van der Waals surface area (Å²) >= 11 is 5.25. The number of carbonyl (C=O) groups excluding carboxylic acids is 1. The predicted octanol–water partition coefficient (Wildman–Crippen LogP) is 3.23. The van der Waals surface area contributed by atoms with Gasteiger partial charge in [0.2, 0.25) is 0 Å². The molecule has 3 atom stereocenters. The summed E-state index contributed by atoms with van der Waals surface area (Å²) < 4.78 is 34.0. The monoisotopic (exact) mass is 401 g/mol. The van der Waals surface area contributed by atoms with E-state index in [4.69, 9.17) is 17.0 Å². The van der Waals surface area contributed by atoms with Crippen LogP contribution in [0.1, 0.15) is 43.5 Å². The highest BCUT2D eigenvalue weighted by Gasteiger charge is 2.27. The van der Waals surface area contributed by atoms with E-state index in [1.165, 1.54) is 31.7 Å². The van der Waals surface area contributed by atoms with Crippen LogP contribution in [0.4, 0.5) is 8.78 Å². The van der Waals surface area contributed by atoms with Crippen LogP contribution in [0.5, 0.6) is 11.5 Å². The summed E-state index contributed by atoms with van der Waals surface area (Å²) in [6.07, 6.45) is 3.39. The number of hydrogen-bond donors (Lipinski definition) is 3. The topological polar surface area (TPSA) is 71.6 Å². The van der Waals surface area contributed by atoms with Crippen molar-refractivity contribution in [2.45, 2.75) is 45.8 Å². The van der Waals surface area contributed by atoms with Crippen LogP contribution >= 0.6 is 12.2 Å². The number of amides is 1. The van der Waals surface area contributed by atoms with Crippen LogP contribution in [0.15, 0.2) is 18.2 Å². The van der Waals surface area contributed by atoms with Crippen molar-refractivity contribution in [1.29, 1.82) is 0 Å². The molecule has 1 aromatic rings. The van der Waals surface area contributed by atoms with E-state index in [9.17, 15) is 13.6 Å². The molecule has 150 valence electrons. The standard InChI is InChI=1S/C18H25F2N3O3S/c1-10-5-4-6-13(11(10)2)21-18(27)23-22-16(24)12-7-8-14(26-17(19)20)15(9-12)25-3/h7-11,13,17H,4-6H2,1-3H3,(H,22,24)(H2,21,23,27)/t10-,11+,13+/m0/s1. The molecule has 1 amide bonds. The fourth-order valence-electron chi connectivity index (χ4n) is 3.18. The molecule has 3 N–H and O–H groups in total. The first-order valence-electron chi connectivity index (χ1n) is 8.81. The molecule has 0 aromatic heterocycles. The van der Waals surface area contributed by atoms with E-state index in [0.717, 1.165) is 12.8 Å². The van der Waals surface area contributed by atoms with Gasteiger partial charge in [-0.15, -0.1) is 0 Å². The molecule has 0 saturated heterocycles. The minimum absolute atomic E-state index is 0.0358. The van der Waals surface area contributed by atoms with Gasteiger partial charge in [0.1, 0.15) is 0 Å². The van der Waals surface area contributed by atoms with Crippen molar-refractivity contribution in [2.75, 3.05) is 7.11 Å². The van der Waals surface area contributed by atoms with Gasteiger partial charge in [0.05, 0.1) is 7.11 Å². The van der Waals surface area contributed by atoms with Gasteiger partial charge in [-0.25, -0.2) is 0 Å². The summed E-state index contributed by atoms with van der Waals surface area (Å²) in [5, 5.41) is 3.57. The van der Waals surface area contributed by atoms with Crippen LogP contribution in [0.25, 0.3) is 0 Å². The van der Waals surface area contributed by atoms with Gasteiger partial charge in [0.25, 0.3) is 5.91 Å². The first-order valence-corrected chi connectivity index (χ1v) is 9.22. The predicted molar refractivity (Wildman–Crippen MR) is 102 cm³/mol. The lowest BCUT2D eigenvalue weighted by Gasteiger charge is -2.35. The zero-order valence-corrected chi connectivity index (χ0v) is 16.4. The van der Waals surface area contributed by atoms with Crippen molar-refractivity contribution in [3.8, 4) is 11.5 Å². The van der Waals surface area contributed by atoms with Crippen LogP contribution in [-0.2, 0) is 0 Å². The SMILES string of the molecule is COc1cc(C(=O)NNC(=S)N[C@@H]2CCC[C@H](C)[C@H]2C)ccc1OC(F)F. The third-order valence-corrected chi connectivity index (χ3v) is 5.17. The summed E-state index contributed by atoms with van der Waals surface area (Å²) in [5.74, 6) is 0.519. The Hall–Kier alpha value is -2.16. The Bertz CT molecular complexity index is 675. The number of methoxy groups -OCH3 is 1. The van der Waals surface area contributed by atoms with Crippen molar-refractivity contribution in [2.24, 2.45) is 11.8 Å². The second-order valence-electron chi connectivity index (χ2n) is 6.67. The van der Waals surface area contributed by atoms with Crippen LogP contribution < -0.4 is 25.6 Å². The largest absolute Gasteiger partial charge is 0.493 e. The highest BCUT2D eigenvalue weighted by Crippen LogP contribution is 2.30. The van der Waals surface area contributed by atoms with Crippen LogP contribution in [0.3, 0.4) is 0 Å². The van der Waals surface area contributed by atoms with Crippen LogP contribution in [0.2, 0.25) is 0 Å². The lowest BCUT2D eigenvalue weighted by molar-refractivity contribution is -0.0512. The van der Waals surface area contributed by atoms with Gasteiger partial charge in [-0.2, -0.15) is 8.78 Å². The van der Waals surface area contributed by atoms with E-state index in [1.54, 1.807) is 0 Å². The molecule has 0 bridgehead atoms. The average Bonchev–Trinajstić information content (AvgIpc) is 2.63. The van der Waals surface area contributed by atoms with Crippen molar-refractivity contribution in [1.82, 2.24) is 16.2 Å². The number of hydrazine groups is 1. The van der Waals surface area contributed by atoms with Crippen molar-refractivity contribution in [3.05, 3.63) is 23.8 Å². The molecule has 6 nitrogen and oxygen atoms in total. The summed E-state index contributed by atoms with van der Waals surface area (Å²) in [6, 6.07) is 4.19. The third kappa shape index (κ3) is 5.92. The Balaban J connectivity index is 1.90. The number of hydrogen-bond acceptors (Lipinski definition) is 4. The number of ether oxygens (including phenoxy) is 2. The lowest BCUT2D eigenvalue weighted by atomic mass is 9.78. The second-order valence-corrected chi connectivity index (χ2v) is 7.08. The number of carbonyl (C=O) groups is 1. The first-order chi connectivity index (χ1) is 12.8. The Morgan fingerprint density at radius 1 is 1.22 bits per heavy atom.